The van der Waals surface area contributed by atoms with Crippen molar-refractivity contribution in [2.75, 3.05) is 19.3 Å². The topological polar surface area (TPSA) is 102 Å². The molecule has 0 radical (unpaired) electrons. The number of imidazole rings is 1. The van der Waals surface area contributed by atoms with Crippen molar-refractivity contribution in [3.63, 3.8) is 0 Å². The van der Waals surface area contributed by atoms with Crippen LogP contribution in [-0.4, -0.2) is 33.5 Å². The fraction of sp³-hybridized carbons (Fsp3) is 0.227. The Morgan fingerprint density at radius 3 is 2.33 bits per heavy atom. The first kappa shape index (κ1) is 25.9. The smallest absolute Gasteiger partial charge is 0.416 e. The van der Waals surface area contributed by atoms with Gasteiger partial charge in [-0.25, -0.2) is 15.0 Å². The molecule has 0 saturated carbocycles. The summed E-state index contributed by atoms with van der Waals surface area (Å²) < 4.78 is 43.6. The van der Waals surface area contributed by atoms with E-state index in [1.807, 2.05) is 37.4 Å². The Morgan fingerprint density at radius 2 is 1.73 bits per heavy atom. The summed E-state index contributed by atoms with van der Waals surface area (Å²) in [4.78, 5) is 14.4. The van der Waals surface area contributed by atoms with Crippen LogP contribution in [0.3, 0.4) is 0 Å². The van der Waals surface area contributed by atoms with Gasteiger partial charge in [0.2, 0.25) is 0 Å². The lowest BCUT2D eigenvalue weighted by atomic mass is 10.1. The molecule has 2 aromatic heterocycles. The van der Waals surface area contributed by atoms with Gasteiger partial charge in [0, 0.05) is 6.42 Å². The maximum atomic E-state index is 12.6. The molecule has 4 N–H and O–H groups in total. The van der Waals surface area contributed by atoms with E-state index >= 15 is 0 Å². The average Bonchev–Trinajstić information content (AvgIpc) is 3.28. The van der Waals surface area contributed by atoms with Crippen LogP contribution in [-0.2, 0) is 6.18 Å². The number of H-pyrrole nitrogens is 1. The van der Waals surface area contributed by atoms with Gasteiger partial charge in [-0.05, 0) is 43.4 Å². The zero-order valence-corrected chi connectivity index (χ0v) is 18.5. The molecule has 11 heteroatoms. The minimum atomic E-state index is -4.33. The van der Waals surface area contributed by atoms with E-state index in [0.29, 0.717) is 22.7 Å². The number of nitrogens with zero attached hydrogens (tertiary/aromatic N) is 3. The van der Waals surface area contributed by atoms with E-state index in [1.54, 1.807) is 0 Å². The Kier molecular flexibility index (Phi) is 9.43. The van der Waals surface area contributed by atoms with Gasteiger partial charge < -0.3 is 20.8 Å². The SMILES string of the molecule is CNCCC(Oc1ccc(C(F)(F)F)cc1)c1ccccc1.Cl.Nc1ncnc2nc[nH]c12. The van der Waals surface area contributed by atoms with E-state index in [0.717, 1.165) is 30.7 Å². The Balaban J connectivity index is 0.000000291. The van der Waals surface area contributed by atoms with Crippen molar-refractivity contribution in [1.82, 2.24) is 25.3 Å². The van der Waals surface area contributed by atoms with Crippen LogP contribution in [0.25, 0.3) is 11.2 Å². The van der Waals surface area contributed by atoms with Gasteiger partial charge in [0.05, 0.1) is 11.9 Å². The number of benzene rings is 2. The molecule has 176 valence electrons. The Morgan fingerprint density at radius 1 is 1.03 bits per heavy atom. The number of rotatable bonds is 6. The molecule has 0 fully saturated rings. The maximum Gasteiger partial charge on any atom is 0.416 e. The van der Waals surface area contributed by atoms with Gasteiger partial charge in [-0.15, -0.1) is 12.4 Å². The van der Waals surface area contributed by atoms with Crippen LogP contribution >= 0.6 is 12.4 Å². The third kappa shape index (κ3) is 7.33. The van der Waals surface area contributed by atoms with Gasteiger partial charge in [-0.2, -0.15) is 13.2 Å². The van der Waals surface area contributed by atoms with E-state index in [9.17, 15) is 13.2 Å². The third-order valence-corrected chi connectivity index (χ3v) is 4.54. The second-order valence-electron chi connectivity index (χ2n) is 6.79. The summed E-state index contributed by atoms with van der Waals surface area (Å²) in [6.07, 6.45) is -0.885. The molecule has 0 bridgehead atoms. The summed E-state index contributed by atoms with van der Waals surface area (Å²) in [5, 5.41) is 3.05. The molecule has 2 aromatic carbocycles. The van der Waals surface area contributed by atoms with E-state index in [1.165, 1.54) is 24.8 Å². The third-order valence-electron chi connectivity index (χ3n) is 4.54. The molecule has 0 saturated heterocycles. The number of anilines is 1. The predicted octanol–water partition coefficient (Wildman–Crippen LogP) is 4.79. The van der Waals surface area contributed by atoms with Gasteiger partial charge >= 0.3 is 6.18 Å². The van der Waals surface area contributed by atoms with Crippen LogP contribution < -0.4 is 15.8 Å². The van der Waals surface area contributed by atoms with Gasteiger partial charge in [0.15, 0.2) is 11.5 Å². The number of fused-ring (bicyclic) bond motifs is 1. The number of halogens is 4. The Hall–Kier alpha value is -3.37. The summed E-state index contributed by atoms with van der Waals surface area (Å²) in [6.45, 7) is 0.750. The number of nitrogen functional groups attached to an aromatic ring is 1. The normalized spacial score (nSPS) is 11.8. The molecule has 0 aliphatic heterocycles. The maximum absolute atomic E-state index is 12.6. The van der Waals surface area contributed by atoms with Crippen LogP contribution in [0.15, 0.2) is 67.3 Å². The summed E-state index contributed by atoms with van der Waals surface area (Å²) in [5.41, 5.74) is 7.10. The molecule has 0 amide bonds. The quantitative estimate of drug-likeness (QED) is 0.366. The highest BCUT2D eigenvalue weighted by molar-refractivity contribution is 5.85. The molecular formula is C22H24ClF3N6O. The summed E-state index contributed by atoms with van der Waals surface area (Å²) >= 11 is 0. The highest BCUT2D eigenvalue weighted by atomic mass is 35.5. The van der Waals surface area contributed by atoms with Gasteiger partial charge in [0.25, 0.3) is 0 Å². The largest absolute Gasteiger partial charge is 0.486 e. The fourth-order valence-electron chi connectivity index (χ4n) is 2.91. The molecule has 1 atom stereocenters. The first-order chi connectivity index (χ1) is 15.4. The van der Waals surface area contributed by atoms with Crippen LogP contribution in [0, 0.1) is 0 Å². The molecule has 7 nitrogen and oxygen atoms in total. The molecule has 0 spiro atoms. The van der Waals surface area contributed by atoms with Crippen LogP contribution in [0.5, 0.6) is 5.75 Å². The van der Waals surface area contributed by atoms with E-state index in [2.05, 4.69) is 25.3 Å². The van der Waals surface area contributed by atoms with Crippen LogP contribution in [0.2, 0.25) is 0 Å². The number of nitrogens with one attached hydrogen (secondary N) is 2. The zero-order valence-electron chi connectivity index (χ0n) is 17.7. The number of alkyl halides is 3. The van der Waals surface area contributed by atoms with E-state index in [4.69, 9.17) is 10.5 Å². The highest BCUT2D eigenvalue weighted by Crippen LogP contribution is 2.31. The number of ether oxygens (including phenoxy) is 1. The first-order valence-electron chi connectivity index (χ1n) is 9.81. The average molecular weight is 481 g/mol. The number of hydrogen-bond donors (Lipinski definition) is 3. The van der Waals surface area contributed by atoms with E-state index < -0.39 is 11.7 Å². The number of hydrogen-bond acceptors (Lipinski definition) is 6. The van der Waals surface area contributed by atoms with Crippen LogP contribution in [0.4, 0.5) is 19.0 Å². The second kappa shape index (κ2) is 12.0. The van der Waals surface area contributed by atoms with Gasteiger partial charge in [0.1, 0.15) is 23.7 Å². The van der Waals surface area contributed by atoms with Crippen LogP contribution in [0.1, 0.15) is 23.7 Å². The molecular weight excluding hydrogens is 457 g/mol. The first-order valence-corrected chi connectivity index (χ1v) is 9.81. The second-order valence-corrected chi connectivity index (χ2v) is 6.79. The molecule has 2 heterocycles. The monoisotopic (exact) mass is 480 g/mol. The van der Waals surface area contributed by atoms with Crippen molar-refractivity contribution in [2.24, 2.45) is 0 Å². The lowest BCUT2D eigenvalue weighted by Gasteiger charge is -2.20. The lowest BCUT2D eigenvalue weighted by molar-refractivity contribution is -0.137. The highest BCUT2D eigenvalue weighted by Gasteiger charge is 2.30. The van der Waals surface area contributed by atoms with Gasteiger partial charge in [-0.3, -0.25) is 0 Å². The van der Waals surface area contributed by atoms with E-state index in [-0.39, 0.29) is 18.5 Å². The molecule has 4 rings (SSSR count). The van der Waals surface area contributed by atoms with Crippen molar-refractivity contribution >= 4 is 29.4 Å². The van der Waals surface area contributed by atoms with Crippen molar-refractivity contribution in [3.05, 3.63) is 78.4 Å². The number of aromatic nitrogens is 4. The molecule has 0 aliphatic rings. The minimum absolute atomic E-state index is 0. The molecule has 1 unspecified atom stereocenters. The Bertz CT molecular complexity index is 1110. The lowest BCUT2D eigenvalue weighted by Crippen LogP contribution is -2.16. The number of nitrogens with two attached hydrogens (primary N) is 1. The summed E-state index contributed by atoms with van der Waals surface area (Å²) in [6, 6.07) is 14.4. The Labute approximate surface area is 195 Å². The predicted molar refractivity (Wildman–Crippen MR) is 123 cm³/mol. The van der Waals surface area contributed by atoms with Gasteiger partial charge in [-0.1, -0.05) is 30.3 Å². The fourth-order valence-corrected chi connectivity index (χ4v) is 2.91. The van der Waals surface area contributed by atoms with Crippen molar-refractivity contribution in [2.45, 2.75) is 18.7 Å². The number of aromatic amines is 1. The summed E-state index contributed by atoms with van der Waals surface area (Å²) in [5.74, 6) is 0.862. The summed E-state index contributed by atoms with van der Waals surface area (Å²) in [7, 11) is 1.85. The van der Waals surface area contributed by atoms with Crippen molar-refractivity contribution in [3.8, 4) is 5.75 Å². The van der Waals surface area contributed by atoms with Crippen molar-refractivity contribution < 1.29 is 17.9 Å². The molecule has 4 aromatic rings. The minimum Gasteiger partial charge on any atom is -0.486 e. The molecule has 0 aliphatic carbocycles. The standard InChI is InChI=1S/C17H18F3NO.C5H5N5.ClH/c1-21-12-11-16(13-5-3-2-4-6-13)22-15-9-7-14(8-10-15)17(18,19)20;6-4-3-5(9-1-7-3)10-2-8-4;/h2-10,16,21H,11-12H2,1H3;1-2H,(H3,6,7,8,9,10);1H. The van der Waals surface area contributed by atoms with Crippen molar-refractivity contribution in [1.29, 1.82) is 0 Å². The zero-order chi connectivity index (χ0) is 23.0. The molecule has 33 heavy (non-hydrogen) atoms.